The van der Waals surface area contributed by atoms with Crippen molar-refractivity contribution in [3.63, 3.8) is 0 Å². The summed E-state index contributed by atoms with van der Waals surface area (Å²) in [4.78, 5) is 36.4. The van der Waals surface area contributed by atoms with E-state index in [2.05, 4.69) is 13.0 Å². The van der Waals surface area contributed by atoms with E-state index >= 15 is 0 Å². The Morgan fingerprint density at radius 3 is 2.72 bits per heavy atom. The molecule has 0 bridgehead atoms. The van der Waals surface area contributed by atoms with Crippen LogP contribution in [0.2, 0.25) is 0 Å². The van der Waals surface area contributed by atoms with Gasteiger partial charge in [0.25, 0.3) is 0 Å². The molecular weight excluding hydrogens is 316 g/mol. The zero-order chi connectivity index (χ0) is 17.6. The first kappa shape index (κ1) is 15.8. The summed E-state index contributed by atoms with van der Waals surface area (Å²) in [5, 5.41) is 0. The van der Waals surface area contributed by atoms with E-state index in [4.69, 9.17) is 4.74 Å². The van der Waals surface area contributed by atoms with Crippen molar-refractivity contribution in [1.82, 2.24) is 0 Å². The van der Waals surface area contributed by atoms with Crippen LogP contribution < -0.4 is 0 Å². The summed E-state index contributed by atoms with van der Waals surface area (Å²) < 4.78 is 5.78. The van der Waals surface area contributed by atoms with Crippen LogP contribution in [-0.4, -0.2) is 23.6 Å². The van der Waals surface area contributed by atoms with Crippen LogP contribution in [0.25, 0.3) is 0 Å². The van der Waals surface area contributed by atoms with Gasteiger partial charge in [-0.2, -0.15) is 0 Å². The second-order valence-electron chi connectivity index (χ2n) is 9.39. The Morgan fingerprint density at radius 1 is 1.16 bits per heavy atom. The smallest absolute Gasteiger partial charge is 0.302 e. The molecule has 4 fully saturated rings. The third-order valence-electron chi connectivity index (χ3n) is 8.72. The van der Waals surface area contributed by atoms with Gasteiger partial charge < -0.3 is 4.74 Å². The molecule has 0 N–H and O–H groups in total. The van der Waals surface area contributed by atoms with Crippen LogP contribution in [0.5, 0.6) is 0 Å². The van der Waals surface area contributed by atoms with E-state index in [9.17, 15) is 14.4 Å². The molecule has 0 aromatic rings. The van der Waals surface area contributed by atoms with Gasteiger partial charge in [-0.3, -0.25) is 14.4 Å². The highest BCUT2D eigenvalue weighted by Gasteiger charge is 2.83. The second kappa shape index (κ2) is 4.63. The van der Waals surface area contributed by atoms with Gasteiger partial charge >= 0.3 is 5.97 Å². The van der Waals surface area contributed by atoms with Crippen molar-refractivity contribution >= 4 is 17.5 Å². The number of esters is 1. The van der Waals surface area contributed by atoms with Gasteiger partial charge in [0.15, 0.2) is 5.78 Å². The van der Waals surface area contributed by atoms with Crippen LogP contribution in [0.15, 0.2) is 12.2 Å². The van der Waals surface area contributed by atoms with Gasteiger partial charge in [-0.1, -0.05) is 13.0 Å². The standard InChI is InChI=1S/C21H26O4/c1-12(22)25-18-20-9-6-14-15-3-4-17(24)19(15,2)8-7-16(14)21(18,20)10-5-13(23)11-20/h5,10,14-16,18H,3-4,6-9,11H2,1-2H3/t14-,15-,16-,18+,19-,20-,21-/m0/s1. The molecule has 4 saturated carbocycles. The molecule has 4 nitrogen and oxygen atoms in total. The van der Waals surface area contributed by atoms with E-state index in [0.29, 0.717) is 30.0 Å². The molecular formula is C21H26O4. The van der Waals surface area contributed by atoms with Crippen LogP contribution in [0.1, 0.15) is 58.8 Å². The number of ketones is 2. The number of fused-ring (bicyclic) bond motifs is 3. The Labute approximate surface area is 148 Å². The summed E-state index contributed by atoms with van der Waals surface area (Å²) >= 11 is 0. The molecule has 0 radical (unpaired) electrons. The SMILES string of the molecule is CC(=O)O[C@@H]1[C@@]23CC[C@@H]4[C@H](CC[C@]5(C)C(=O)CC[C@@H]45)[C@@]12C=CC(=O)C3. The Morgan fingerprint density at radius 2 is 1.96 bits per heavy atom. The second-order valence-corrected chi connectivity index (χ2v) is 9.39. The summed E-state index contributed by atoms with van der Waals surface area (Å²) in [6.45, 7) is 3.65. The maximum absolute atomic E-state index is 12.5. The molecule has 0 aromatic heterocycles. The van der Waals surface area contributed by atoms with Crippen LogP contribution >= 0.6 is 0 Å². The predicted molar refractivity (Wildman–Crippen MR) is 90.5 cm³/mol. The fraction of sp³-hybridized carbons (Fsp3) is 0.762. The molecule has 0 heterocycles. The van der Waals surface area contributed by atoms with Gasteiger partial charge in [0.1, 0.15) is 11.9 Å². The lowest BCUT2D eigenvalue weighted by atomic mass is 9.51. The van der Waals surface area contributed by atoms with Crippen molar-refractivity contribution in [1.29, 1.82) is 0 Å². The normalized spacial score (nSPS) is 52.7. The first-order valence-electron chi connectivity index (χ1n) is 9.78. The minimum Gasteiger partial charge on any atom is -0.461 e. The van der Waals surface area contributed by atoms with E-state index < -0.39 is 0 Å². The van der Waals surface area contributed by atoms with Gasteiger partial charge in [-0.05, 0) is 55.9 Å². The van der Waals surface area contributed by atoms with Crippen molar-refractivity contribution in [2.45, 2.75) is 64.9 Å². The number of ether oxygens (including phenoxy) is 1. The Balaban J connectivity index is 1.56. The number of carbonyl (C=O) groups is 3. The summed E-state index contributed by atoms with van der Waals surface area (Å²) in [7, 11) is 0. The minimum atomic E-state index is -0.242. The number of allylic oxidation sites excluding steroid dienone is 1. The maximum Gasteiger partial charge on any atom is 0.302 e. The molecule has 0 aliphatic heterocycles. The predicted octanol–water partition coefficient (Wildman–Crippen LogP) is 3.24. The molecule has 7 atom stereocenters. The number of hydrogen-bond donors (Lipinski definition) is 0. The third kappa shape index (κ3) is 1.67. The Bertz CT molecular complexity index is 723. The lowest BCUT2D eigenvalue weighted by Crippen LogP contribution is -2.48. The molecule has 4 heteroatoms. The largest absolute Gasteiger partial charge is 0.461 e. The van der Waals surface area contributed by atoms with Gasteiger partial charge in [-0.15, -0.1) is 0 Å². The Kier molecular flexibility index (Phi) is 2.92. The molecule has 0 spiro atoms. The number of Topliss-reactive ketones (excluding diaryl/α,β-unsaturated/α-hetero) is 1. The van der Waals surface area contributed by atoms with Crippen molar-refractivity contribution < 1.29 is 19.1 Å². The summed E-state index contributed by atoms with van der Waals surface area (Å²) in [5.74, 6) is 1.81. The fourth-order valence-corrected chi connectivity index (χ4v) is 7.68. The molecule has 134 valence electrons. The molecule has 0 unspecified atom stereocenters. The number of rotatable bonds is 1. The molecule has 5 aliphatic rings. The monoisotopic (exact) mass is 342 g/mol. The van der Waals surface area contributed by atoms with E-state index in [1.165, 1.54) is 6.92 Å². The molecule has 0 aromatic carbocycles. The molecule has 25 heavy (non-hydrogen) atoms. The lowest BCUT2D eigenvalue weighted by molar-refractivity contribution is -0.144. The lowest BCUT2D eigenvalue weighted by Gasteiger charge is -2.52. The van der Waals surface area contributed by atoms with Crippen LogP contribution in [0, 0.1) is 34.0 Å². The van der Waals surface area contributed by atoms with Crippen LogP contribution in [0.3, 0.4) is 0 Å². The quantitative estimate of drug-likeness (QED) is 0.687. The number of hydrogen-bond acceptors (Lipinski definition) is 4. The molecule has 0 amide bonds. The van der Waals surface area contributed by atoms with Crippen molar-refractivity contribution in [2.24, 2.45) is 34.0 Å². The van der Waals surface area contributed by atoms with Gasteiger partial charge in [0.05, 0.1) is 0 Å². The average Bonchev–Trinajstić information content (AvgIpc) is 3.00. The maximum atomic E-state index is 12.5. The van der Waals surface area contributed by atoms with Gasteiger partial charge in [-0.25, -0.2) is 0 Å². The van der Waals surface area contributed by atoms with E-state index in [0.717, 1.165) is 38.5 Å². The van der Waals surface area contributed by atoms with Gasteiger partial charge in [0.2, 0.25) is 0 Å². The minimum absolute atomic E-state index is 0.141. The van der Waals surface area contributed by atoms with Crippen molar-refractivity contribution in [2.75, 3.05) is 0 Å². The molecule has 5 aliphatic carbocycles. The summed E-state index contributed by atoms with van der Waals surface area (Å²) in [6.07, 6.45) is 9.93. The Hall–Kier alpha value is -1.45. The highest BCUT2D eigenvalue weighted by molar-refractivity contribution is 5.93. The first-order chi connectivity index (χ1) is 11.8. The van der Waals surface area contributed by atoms with Crippen molar-refractivity contribution in [3.05, 3.63) is 12.2 Å². The highest BCUT2D eigenvalue weighted by atomic mass is 16.6. The summed E-state index contributed by atoms with van der Waals surface area (Å²) in [5.41, 5.74) is -0.456. The average molecular weight is 342 g/mol. The van der Waals surface area contributed by atoms with E-state index in [1.54, 1.807) is 6.08 Å². The topological polar surface area (TPSA) is 60.4 Å². The van der Waals surface area contributed by atoms with Crippen molar-refractivity contribution in [3.8, 4) is 0 Å². The summed E-state index contributed by atoms with van der Waals surface area (Å²) in [6, 6.07) is 0. The molecule has 5 rings (SSSR count). The van der Waals surface area contributed by atoms with E-state index in [-0.39, 0.29) is 34.1 Å². The molecule has 0 saturated heterocycles. The first-order valence-corrected chi connectivity index (χ1v) is 9.78. The zero-order valence-corrected chi connectivity index (χ0v) is 15.0. The van der Waals surface area contributed by atoms with Crippen LogP contribution in [-0.2, 0) is 19.1 Å². The highest BCUT2D eigenvalue weighted by Crippen LogP contribution is 2.81. The zero-order valence-electron chi connectivity index (χ0n) is 15.0. The number of carbonyl (C=O) groups excluding carboxylic acids is 3. The fourth-order valence-electron chi connectivity index (χ4n) is 7.68. The van der Waals surface area contributed by atoms with Gasteiger partial charge in [0, 0.05) is 36.0 Å². The third-order valence-corrected chi connectivity index (χ3v) is 8.72. The van der Waals surface area contributed by atoms with Crippen LogP contribution in [0.4, 0.5) is 0 Å². The van der Waals surface area contributed by atoms with E-state index in [1.807, 2.05) is 0 Å².